The molecule has 1 aliphatic heterocycles. The predicted molar refractivity (Wildman–Crippen MR) is 72.3 cm³/mol. The van der Waals surface area contributed by atoms with E-state index in [2.05, 4.69) is 24.0 Å². The van der Waals surface area contributed by atoms with E-state index in [0.717, 1.165) is 18.0 Å². The van der Waals surface area contributed by atoms with Gasteiger partial charge in [-0.15, -0.1) is 0 Å². The van der Waals surface area contributed by atoms with Crippen LogP contribution in [0.4, 0.5) is 5.69 Å². The smallest absolute Gasteiger partial charge is 0.0761 e. The molecule has 1 N–H and O–H groups in total. The minimum absolute atomic E-state index is 0.367. The van der Waals surface area contributed by atoms with Crippen molar-refractivity contribution in [1.29, 1.82) is 0 Å². The lowest BCUT2D eigenvalue weighted by Gasteiger charge is -2.23. The van der Waals surface area contributed by atoms with Crippen LogP contribution in [0.5, 0.6) is 0 Å². The van der Waals surface area contributed by atoms with E-state index in [1.807, 2.05) is 19.1 Å². The number of hydrogen-bond donors (Lipinski definition) is 1. The highest BCUT2D eigenvalue weighted by atomic mass is 16.3. The lowest BCUT2D eigenvalue weighted by molar-refractivity contribution is 0.199. The van der Waals surface area contributed by atoms with Crippen molar-refractivity contribution in [2.24, 2.45) is 5.92 Å². The summed E-state index contributed by atoms with van der Waals surface area (Å²) in [5.41, 5.74) is 2.29. The third kappa shape index (κ3) is 3.22. The van der Waals surface area contributed by atoms with Gasteiger partial charge in [0.1, 0.15) is 0 Å². The standard InChI is InChI=1S/C15H23NO/c1-12-4-3-10-16(11-9-12)15-7-5-14(6-8-15)13(2)17/h5-8,12-13,17H,3-4,9-11H2,1-2H3/t12?,13-/m1/s1. The Morgan fingerprint density at radius 2 is 1.88 bits per heavy atom. The molecule has 2 rings (SSSR count). The molecule has 2 nitrogen and oxygen atoms in total. The van der Waals surface area contributed by atoms with Crippen LogP contribution in [0.1, 0.15) is 44.8 Å². The number of benzene rings is 1. The maximum absolute atomic E-state index is 9.49. The number of rotatable bonds is 2. The molecule has 0 aromatic heterocycles. The summed E-state index contributed by atoms with van der Waals surface area (Å²) in [4.78, 5) is 2.47. The topological polar surface area (TPSA) is 23.5 Å². The van der Waals surface area contributed by atoms with Gasteiger partial charge < -0.3 is 10.0 Å². The first-order valence-corrected chi connectivity index (χ1v) is 6.70. The second-order valence-electron chi connectivity index (χ2n) is 5.29. The quantitative estimate of drug-likeness (QED) is 0.846. The molecule has 17 heavy (non-hydrogen) atoms. The molecular weight excluding hydrogens is 210 g/mol. The number of hydrogen-bond acceptors (Lipinski definition) is 2. The van der Waals surface area contributed by atoms with Crippen molar-refractivity contribution >= 4 is 5.69 Å². The fourth-order valence-corrected chi connectivity index (χ4v) is 2.48. The van der Waals surface area contributed by atoms with Crippen molar-refractivity contribution in [2.45, 2.75) is 39.2 Å². The largest absolute Gasteiger partial charge is 0.389 e. The first kappa shape index (κ1) is 12.4. The normalized spacial score (nSPS) is 23.2. The van der Waals surface area contributed by atoms with Gasteiger partial charge in [0.05, 0.1) is 6.10 Å². The summed E-state index contributed by atoms with van der Waals surface area (Å²) in [6.07, 6.45) is 3.56. The van der Waals surface area contributed by atoms with E-state index < -0.39 is 0 Å². The summed E-state index contributed by atoms with van der Waals surface area (Å²) >= 11 is 0. The molecule has 1 aliphatic rings. The average Bonchev–Trinajstić information content (AvgIpc) is 2.54. The highest BCUT2D eigenvalue weighted by molar-refractivity contribution is 5.48. The summed E-state index contributed by atoms with van der Waals surface area (Å²) in [5.74, 6) is 0.858. The van der Waals surface area contributed by atoms with E-state index in [1.54, 1.807) is 0 Å². The van der Waals surface area contributed by atoms with Crippen molar-refractivity contribution in [3.05, 3.63) is 29.8 Å². The highest BCUT2D eigenvalue weighted by Crippen LogP contribution is 2.23. The molecule has 1 fully saturated rings. The van der Waals surface area contributed by atoms with Gasteiger partial charge in [-0.1, -0.05) is 19.1 Å². The molecule has 2 heteroatoms. The molecule has 2 atom stereocenters. The molecule has 1 unspecified atom stereocenters. The van der Waals surface area contributed by atoms with Crippen LogP contribution in [-0.2, 0) is 0 Å². The Bertz CT molecular complexity index is 344. The number of anilines is 1. The van der Waals surface area contributed by atoms with Crippen LogP contribution in [0.2, 0.25) is 0 Å². The lowest BCUT2D eigenvalue weighted by atomic mass is 10.0. The van der Waals surface area contributed by atoms with Crippen LogP contribution in [-0.4, -0.2) is 18.2 Å². The Hall–Kier alpha value is -1.02. The number of aliphatic hydroxyl groups is 1. The molecule has 94 valence electrons. The van der Waals surface area contributed by atoms with Gasteiger partial charge in [0.25, 0.3) is 0 Å². The van der Waals surface area contributed by atoms with Gasteiger partial charge in [0, 0.05) is 18.8 Å². The fraction of sp³-hybridized carbons (Fsp3) is 0.600. The van der Waals surface area contributed by atoms with Crippen LogP contribution in [0, 0.1) is 5.92 Å². The van der Waals surface area contributed by atoms with Gasteiger partial charge >= 0.3 is 0 Å². The van der Waals surface area contributed by atoms with Gasteiger partial charge in [0.2, 0.25) is 0 Å². The monoisotopic (exact) mass is 233 g/mol. The Labute approximate surface area is 104 Å². The van der Waals surface area contributed by atoms with Gasteiger partial charge in [0.15, 0.2) is 0 Å². The van der Waals surface area contributed by atoms with Gasteiger partial charge in [-0.05, 0) is 49.8 Å². The van der Waals surface area contributed by atoms with Gasteiger partial charge in [-0.3, -0.25) is 0 Å². The van der Waals surface area contributed by atoms with Crippen LogP contribution in [0.25, 0.3) is 0 Å². The van der Waals surface area contributed by atoms with Crippen molar-refractivity contribution in [3.63, 3.8) is 0 Å². The van der Waals surface area contributed by atoms with Crippen LogP contribution in [0.3, 0.4) is 0 Å². The summed E-state index contributed by atoms with van der Waals surface area (Å²) < 4.78 is 0. The van der Waals surface area contributed by atoms with E-state index in [9.17, 15) is 5.11 Å². The van der Waals surface area contributed by atoms with Gasteiger partial charge in [-0.2, -0.15) is 0 Å². The third-order valence-electron chi connectivity index (χ3n) is 3.76. The summed E-state index contributed by atoms with van der Waals surface area (Å²) in [5, 5.41) is 9.49. The Balaban J connectivity index is 2.06. The first-order chi connectivity index (χ1) is 8.16. The van der Waals surface area contributed by atoms with E-state index in [1.165, 1.54) is 31.5 Å². The molecule has 1 aromatic rings. The van der Waals surface area contributed by atoms with Crippen molar-refractivity contribution in [3.8, 4) is 0 Å². The minimum atomic E-state index is -0.367. The maximum atomic E-state index is 9.49. The molecule has 0 radical (unpaired) electrons. The van der Waals surface area contributed by atoms with E-state index in [-0.39, 0.29) is 6.10 Å². The molecular formula is C15H23NO. The average molecular weight is 233 g/mol. The van der Waals surface area contributed by atoms with E-state index >= 15 is 0 Å². The van der Waals surface area contributed by atoms with Crippen LogP contribution >= 0.6 is 0 Å². The Kier molecular flexibility index (Phi) is 4.06. The summed E-state index contributed by atoms with van der Waals surface area (Å²) in [7, 11) is 0. The lowest BCUT2D eigenvalue weighted by Crippen LogP contribution is -2.24. The molecule has 1 saturated heterocycles. The Morgan fingerprint density at radius 1 is 1.18 bits per heavy atom. The summed E-state index contributed by atoms with van der Waals surface area (Å²) in [6, 6.07) is 8.35. The number of aliphatic hydroxyl groups excluding tert-OH is 1. The first-order valence-electron chi connectivity index (χ1n) is 6.70. The molecule has 0 amide bonds. The fourth-order valence-electron chi connectivity index (χ4n) is 2.48. The van der Waals surface area contributed by atoms with Crippen LogP contribution < -0.4 is 4.90 Å². The molecule has 1 heterocycles. The third-order valence-corrected chi connectivity index (χ3v) is 3.76. The second-order valence-corrected chi connectivity index (χ2v) is 5.29. The zero-order valence-electron chi connectivity index (χ0n) is 10.9. The molecule has 1 aromatic carbocycles. The second kappa shape index (κ2) is 5.54. The maximum Gasteiger partial charge on any atom is 0.0761 e. The summed E-state index contributed by atoms with van der Waals surface area (Å²) in [6.45, 7) is 6.48. The van der Waals surface area contributed by atoms with E-state index in [0.29, 0.717) is 0 Å². The van der Waals surface area contributed by atoms with E-state index in [4.69, 9.17) is 0 Å². The van der Waals surface area contributed by atoms with Crippen LogP contribution in [0.15, 0.2) is 24.3 Å². The van der Waals surface area contributed by atoms with Gasteiger partial charge in [-0.25, -0.2) is 0 Å². The van der Waals surface area contributed by atoms with Crippen molar-refractivity contribution in [1.82, 2.24) is 0 Å². The molecule has 0 aliphatic carbocycles. The minimum Gasteiger partial charge on any atom is -0.389 e. The molecule has 0 spiro atoms. The number of nitrogens with zero attached hydrogens (tertiary/aromatic N) is 1. The Morgan fingerprint density at radius 3 is 2.53 bits per heavy atom. The molecule has 0 saturated carbocycles. The SMILES string of the molecule is CC1CCCN(c2ccc([C@@H](C)O)cc2)CC1. The van der Waals surface area contributed by atoms with Crippen molar-refractivity contribution in [2.75, 3.05) is 18.0 Å². The highest BCUT2D eigenvalue weighted by Gasteiger charge is 2.14. The zero-order valence-corrected chi connectivity index (χ0v) is 10.9. The molecule has 0 bridgehead atoms. The predicted octanol–water partition coefficient (Wildman–Crippen LogP) is 3.37. The van der Waals surface area contributed by atoms with Crippen molar-refractivity contribution < 1.29 is 5.11 Å². The zero-order chi connectivity index (χ0) is 12.3.